The molecule has 1 saturated carbocycles. The van der Waals surface area contributed by atoms with Crippen LogP contribution in [-0.4, -0.2) is 37.8 Å². The molecule has 1 aromatic heterocycles. The van der Waals surface area contributed by atoms with Crippen LogP contribution in [0.2, 0.25) is 19.6 Å². The van der Waals surface area contributed by atoms with Crippen LogP contribution in [0.4, 0.5) is 8.78 Å². The normalized spacial score (nSPS) is 17.2. The molecule has 1 aliphatic rings. The number of benzene rings is 1. The average Bonchev–Trinajstić information content (AvgIpc) is 3.25. The van der Waals surface area contributed by atoms with E-state index in [1.165, 1.54) is 30.4 Å². The molecule has 1 amide bonds. The van der Waals surface area contributed by atoms with Gasteiger partial charge in [-0.1, -0.05) is 44.8 Å². The summed E-state index contributed by atoms with van der Waals surface area (Å²) in [4.78, 5) is 14.1. The number of hydrogen-bond acceptors (Lipinski definition) is 4. The summed E-state index contributed by atoms with van der Waals surface area (Å²) in [5.41, 5.74) is 3.56. The molecule has 190 valence electrons. The third kappa shape index (κ3) is 8.25. The van der Waals surface area contributed by atoms with Crippen LogP contribution in [0, 0.1) is 23.1 Å². The van der Waals surface area contributed by atoms with Crippen molar-refractivity contribution in [2.24, 2.45) is 0 Å². The van der Waals surface area contributed by atoms with Crippen molar-refractivity contribution in [3.63, 3.8) is 0 Å². The van der Waals surface area contributed by atoms with Gasteiger partial charge < -0.3 is 15.7 Å². The second-order valence-electron chi connectivity index (χ2n) is 10.5. The molecule has 1 aliphatic carbocycles. The monoisotopic (exact) mass is 518 g/mol. The van der Waals surface area contributed by atoms with Crippen molar-refractivity contribution in [1.82, 2.24) is 10.6 Å². The van der Waals surface area contributed by atoms with Crippen LogP contribution in [0.25, 0.3) is 0 Å². The molecule has 3 rings (SSSR count). The molecule has 35 heavy (non-hydrogen) atoms. The molecule has 0 radical (unpaired) electrons. The lowest BCUT2D eigenvalue weighted by atomic mass is 9.80. The third-order valence-corrected chi connectivity index (χ3v) is 8.31. The van der Waals surface area contributed by atoms with Gasteiger partial charge in [0.05, 0.1) is 22.6 Å². The number of aliphatic hydroxyl groups is 1. The Labute approximate surface area is 212 Å². The van der Waals surface area contributed by atoms with E-state index in [1.54, 1.807) is 11.3 Å². The van der Waals surface area contributed by atoms with Gasteiger partial charge in [0.15, 0.2) is 0 Å². The summed E-state index contributed by atoms with van der Waals surface area (Å²) in [6, 6.07) is 6.82. The third-order valence-electron chi connectivity index (χ3n) is 6.23. The molecule has 3 N–H and O–H groups in total. The molecule has 4 nitrogen and oxygen atoms in total. The quantitative estimate of drug-likeness (QED) is 0.336. The Kier molecular flexibility index (Phi) is 9.27. The van der Waals surface area contributed by atoms with Crippen LogP contribution in [-0.2, 0) is 16.8 Å². The minimum Gasteiger partial charge on any atom is -0.390 e. The summed E-state index contributed by atoms with van der Waals surface area (Å²) in [5, 5.41) is 17.4. The highest BCUT2D eigenvalue weighted by molar-refractivity contribution is 7.12. The van der Waals surface area contributed by atoms with E-state index in [4.69, 9.17) is 0 Å². The number of nitrogens with one attached hydrogen (secondary N) is 2. The lowest BCUT2D eigenvalue weighted by molar-refractivity contribution is -0.120. The van der Waals surface area contributed by atoms with E-state index in [2.05, 4.69) is 53.9 Å². The molecule has 0 aliphatic heterocycles. The fraction of sp³-hybridized carbons (Fsp3) is 0.519. The number of carbonyl (C=O) groups excluding carboxylic acids is 1. The molecule has 0 spiro atoms. The van der Waals surface area contributed by atoms with Crippen molar-refractivity contribution in [2.45, 2.75) is 82.8 Å². The second kappa shape index (κ2) is 11.8. The van der Waals surface area contributed by atoms with Crippen LogP contribution in [0.5, 0.6) is 0 Å². The van der Waals surface area contributed by atoms with Gasteiger partial charge in [0, 0.05) is 24.4 Å². The summed E-state index contributed by atoms with van der Waals surface area (Å²) >= 11 is 1.71. The average molecular weight is 519 g/mol. The van der Waals surface area contributed by atoms with Gasteiger partial charge in [-0.2, -0.15) is 0 Å². The van der Waals surface area contributed by atoms with Crippen molar-refractivity contribution in [1.29, 1.82) is 0 Å². The maximum atomic E-state index is 13.7. The smallest absolute Gasteiger partial charge is 0.217 e. The molecule has 0 unspecified atom stereocenters. The van der Waals surface area contributed by atoms with Gasteiger partial charge in [-0.3, -0.25) is 4.79 Å². The van der Waals surface area contributed by atoms with E-state index in [1.807, 2.05) is 0 Å². The second-order valence-corrected chi connectivity index (χ2v) is 16.4. The maximum Gasteiger partial charge on any atom is 0.217 e. The molecular weight excluding hydrogens is 482 g/mol. The number of rotatable bonds is 8. The molecular formula is C27H36F2N2O2SSi. The Morgan fingerprint density at radius 3 is 2.40 bits per heavy atom. The van der Waals surface area contributed by atoms with Crippen LogP contribution < -0.4 is 10.6 Å². The van der Waals surface area contributed by atoms with Crippen LogP contribution in [0.3, 0.4) is 0 Å². The highest BCUT2D eigenvalue weighted by Gasteiger charge is 2.36. The van der Waals surface area contributed by atoms with Gasteiger partial charge in [-0.25, -0.2) is 8.78 Å². The molecule has 2 atom stereocenters. The molecule has 0 bridgehead atoms. The van der Waals surface area contributed by atoms with Crippen molar-refractivity contribution in [3.8, 4) is 11.5 Å². The largest absolute Gasteiger partial charge is 0.390 e. The standard InChI is InChI=1S/C27H36F2N2O2SSi/c1-19(32)31-24(16-20-14-21(28)17-22(29)15-20)25(33)18-30-27(11-6-5-7-12-27)26-9-8-23(34-26)10-13-35(2,3)4/h8-9,14-15,17,24-25,30,33H,5-7,11-12,16,18H2,1-4H3,(H,31,32)/t24-,25+/m0/s1. The Morgan fingerprint density at radius 1 is 1.14 bits per heavy atom. The number of carbonyl (C=O) groups is 1. The van der Waals surface area contributed by atoms with Gasteiger partial charge >= 0.3 is 0 Å². The zero-order chi connectivity index (χ0) is 25.6. The van der Waals surface area contributed by atoms with Crippen LogP contribution in [0.15, 0.2) is 30.3 Å². The van der Waals surface area contributed by atoms with E-state index in [0.29, 0.717) is 5.56 Å². The zero-order valence-corrected chi connectivity index (χ0v) is 22.8. The van der Waals surface area contributed by atoms with Gasteiger partial charge in [0.2, 0.25) is 5.91 Å². The van der Waals surface area contributed by atoms with E-state index in [0.717, 1.165) is 36.6 Å². The molecule has 2 aromatic rings. The number of halogens is 2. The SMILES string of the molecule is CC(=O)N[C@@H](Cc1cc(F)cc(F)c1)[C@H](O)CNC1(c2ccc(C#C[Si](C)(C)C)s2)CCCCC1. The summed E-state index contributed by atoms with van der Waals surface area (Å²) in [6.45, 7) is 8.30. The fourth-order valence-corrected chi connectivity index (χ4v) is 6.23. The van der Waals surface area contributed by atoms with Crippen LogP contribution in [0.1, 0.15) is 54.3 Å². The number of hydrogen-bond donors (Lipinski definition) is 3. The predicted molar refractivity (Wildman–Crippen MR) is 141 cm³/mol. The number of thiophene rings is 1. The fourth-order valence-electron chi connectivity index (χ4n) is 4.55. The van der Waals surface area contributed by atoms with E-state index in [9.17, 15) is 18.7 Å². The van der Waals surface area contributed by atoms with Crippen LogP contribution >= 0.6 is 11.3 Å². The maximum absolute atomic E-state index is 13.7. The highest BCUT2D eigenvalue weighted by Crippen LogP contribution is 2.40. The van der Waals surface area contributed by atoms with Crippen molar-refractivity contribution in [3.05, 3.63) is 57.3 Å². The summed E-state index contributed by atoms with van der Waals surface area (Å²) < 4.78 is 27.4. The lowest BCUT2D eigenvalue weighted by Crippen LogP contribution is -2.52. The van der Waals surface area contributed by atoms with Gasteiger partial charge in [-0.15, -0.1) is 16.9 Å². The zero-order valence-electron chi connectivity index (χ0n) is 21.0. The summed E-state index contributed by atoms with van der Waals surface area (Å²) in [6.07, 6.45) is 4.47. The van der Waals surface area contributed by atoms with Crippen molar-refractivity contribution in [2.75, 3.05) is 6.54 Å². The Balaban J connectivity index is 1.77. The first-order valence-corrected chi connectivity index (χ1v) is 16.6. The van der Waals surface area contributed by atoms with Gasteiger partial charge in [0.25, 0.3) is 0 Å². The van der Waals surface area contributed by atoms with E-state index < -0.39 is 31.9 Å². The Bertz CT molecular complexity index is 1060. The van der Waals surface area contributed by atoms with Crippen molar-refractivity contribution >= 4 is 25.3 Å². The van der Waals surface area contributed by atoms with E-state index in [-0.39, 0.29) is 24.4 Å². The Morgan fingerprint density at radius 2 is 1.80 bits per heavy atom. The first-order valence-electron chi connectivity index (χ1n) is 12.2. The first kappa shape index (κ1) is 27.5. The number of aliphatic hydroxyl groups excluding tert-OH is 1. The predicted octanol–water partition coefficient (Wildman–Crippen LogP) is 5.11. The highest BCUT2D eigenvalue weighted by atomic mass is 32.1. The minimum atomic E-state index is -1.47. The summed E-state index contributed by atoms with van der Waals surface area (Å²) in [5.74, 6) is 1.68. The van der Waals surface area contributed by atoms with Gasteiger partial charge in [0.1, 0.15) is 19.7 Å². The molecule has 1 heterocycles. The topological polar surface area (TPSA) is 61.4 Å². The molecule has 0 saturated heterocycles. The molecule has 8 heteroatoms. The molecule has 1 fully saturated rings. The number of amides is 1. The first-order chi connectivity index (χ1) is 16.5. The molecule has 1 aromatic carbocycles. The van der Waals surface area contributed by atoms with Gasteiger partial charge in [-0.05, 0) is 49.1 Å². The van der Waals surface area contributed by atoms with Crippen molar-refractivity contribution < 1.29 is 18.7 Å². The summed E-state index contributed by atoms with van der Waals surface area (Å²) in [7, 11) is -1.47. The lowest BCUT2D eigenvalue weighted by Gasteiger charge is -2.39. The minimum absolute atomic E-state index is 0.125. The Hall–Kier alpha value is -2.05. The van der Waals surface area contributed by atoms with E-state index >= 15 is 0 Å².